The minimum absolute atomic E-state index is 0.235. The highest BCUT2D eigenvalue weighted by atomic mass is 16.5. The molecule has 0 saturated carbocycles. The van der Waals surface area contributed by atoms with Crippen LogP contribution in [-0.2, 0) is 16.0 Å². The summed E-state index contributed by atoms with van der Waals surface area (Å²) in [4.78, 5) is 19.2. The summed E-state index contributed by atoms with van der Waals surface area (Å²) >= 11 is 0. The maximum atomic E-state index is 11.3. The summed E-state index contributed by atoms with van der Waals surface area (Å²) in [7, 11) is 2.83. The molecule has 16 heavy (non-hydrogen) atoms. The molecule has 1 rings (SSSR count). The van der Waals surface area contributed by atoms with Gasteiger partial charge < -0.3 is 15.2 Å². The van der Waals surface area contributed by atoms with Gasteiger partial charge in [0.25, 0.3) is 0 Å². The SMILES string of the molecule is COC(=O)C(CN)Cc1cnc(OC)nc1. The van der Waals surface area contributed by atoms with Gasteiger partial charge in [0.05, 0.1) is 20.1 Å². The Morgan fingerprint density at radius 2 is 2.06 bits per heavy atom. The van der Waals surface area contributed by atoms with Crippen molar-refractivity contribution in [1.82, 2.24) is 9.97 Å². The fourth-order valence-corrected chi connectivity index (χ4v) is 1.27. The number of methoxy groups -OCH3 is 2. The number of ether oxygens (including phenoxy) is 2. The Bertz CT molecular complexity index is 340. The molecule has 0 radical (unpaired) electrons. The van der Waals surface area contributed by atoms with E-state index in [1.54, 1.807) is 12.4 Å². The van der Waals surface area contributed by atoms with E-state index < -0.39 is 0 Å². The summed E-state index contributed by atoms with van der Waals surface area (Å²) in [6, 6.07) is 0.297. The van der Waals surface area contributed by atoms with E-state index in [1.807, 2.05) is 0 Å². The Morgan fingerprint density at radius 1 is 1.44 bits per heavy atom. The van der Waals surface area contributed by atoms with Crippen LogP contribution in [0.4, 0.5) is 0 Å². The van der Waals surface area contributed by atoms with Crippen LogP contribution in [0.1, 0.15) is 5.56 Å². The third-order valence-corrected chi connectivity index (χ3v) is 2.17. The molecule has 1 atom stereocenters. The van der Waals surface area contributed by atoms with Crippen molar-refractivity contribution in [2.24, 2.45) is 11.7 Å². The summed E-state index contributed by atoms with van der Waals surface area (Å²) < 4.78 is 9.47. The molecule has 0 aromatic carbocycles. The first-order chi connectivity index (χ1) is 7.71. The Kier molecular flexibility index (Phi) is 4.65. The van der Waals surface area contributed by atoms with Gasteiger partial charge in [-0.3, -0.25) is 4.79 Å². The van der Waals surface area contributed by atoms with Crippen molar-refractivity contribution < 1.29 is 14.3 Å². The van der Waals surface area contributed by atoms with Crippen molar-refractivity contribution >= 4 is 5.97 Å². The van der Waals surface area contributed by atoms with Gasteiger partial charge in [0.1, 0.15) is 0 Å². The van der Waals surface area contributed by atoms with E-state index in [9.17, 15) is 4.79 Å². The fourth-order valence-electron chi connectivity index (χ4n) is 1.27. The van der Waals surface area contributed by atoms with Gasteiger partial charge in [-0.2, -0.15) is 0 Å². The zero-order valence-electron chi connectivity index (χ0n) is 9.34. The summed E-state index contributed by atoms with van der Waals surface area (Å²) in [5, 5.41) is 0. The van der Waals surface area contributed by atoms with Crippen LogP contribution in [0.5, 0.6) is 6.01 Å². The number of esters is 1. The highest BCUT2D eigenvalue weighted by Gasteiger charge is 2.18. The van der Waals surface area contributed by atoms with Crippen molar-refractivity contribution in [3.63, 3.8) is 0 Å². The third kappa shape index (κ3) is 3.16. The van der Waals surface area contributed by atoms with E-state index in [4.69, 9.17) is 10.5 Å². The molecule has 0 spiro atoms. The molecule has 88 valence electrons. The number of hydrogen-bond donors (Lipinski definition) is 1. The fraction of sp³-hybridized carbons (Fsp3) is 0.500. The molecule has 0 saturated heterocycles. The number of carbonyl (C=O) groups excluding carboxylic acids is 1. The van der Waals surface area contributed by atoms with E-state index >= 15 is 0 Å². The predicted octanol–water partition coefficient (Wildman–Crippen LogP) is -0.224. The standard InChI is InChI=1S/C10H15N3O3/c1-15-9(14)8(4-11)3-7-5-12-10(16-2)13-6-7/h5-6,8H,3-4,11H2,1-2H3. The molecule has 1 aromatic heterocycles. The summed E-state index contributed by atoms with van der Waals surface area (Å²) in [5.74, 6) is -0.680. The first-order valence-corrected chi connectivity index (χ1v) is 4.84. The average molecular weight is 225 g/mol. The van der Waals surface area contributed by atoms with E-state index in [1.165, 1.54) is 14.2 Å². The number of aromatic nitrogens is 2. The molecule has 0 bridgehead atoms. The third-order valence-electron chi connectivity index (χ3n) is 2.17. The van der Waals surface area contributed by atoms with Crippen molar-refractivity contribution in [1.29, 1.82) is 0 Å². The molecule has 0 aliphatic heterocycles. The van der Waals surface area contributed by atoms with Crippen LogP contribution in [0.25, 0.3) is 0 Å². The molecule has 6 heteroatoms. The Morgan fingerprint density at radius 3 is 2.50 bits per heavy atom. The monoisotopic (exact) mass is 225 g/mol. The second kappa shape index (κ2) is 6.02. The first kappa shape index (κ1) is 12.4. The van der Waals surface area contributed by atoms with Gasteiger partial charge in [0, 0.05) is 18.9 Å². The van der Waals surface area contributed by atoms with Crippen LogP contribution in [0, 0.1) is 5.92 Å². The Labute approximate surface area is 93.8 Å². The molecule has 1 heterocycles. The number of carbonyl (C=O) groups is 1. The summed E-state index contributed by atoms with van der Waals surface area (Å²) in [6.45, 7) is 0.235. The Hall–Kier alpha value is -1.69. The second-order valence-electron chi connectivity index (χ2n) is 3.24. The van der Waals surface area contributed by atoms with Gasteiger partial charge >= 0.3 is 12.0 Å². The average Bonchev–Trinajstić information content (AvgIpc) is 2.35. The lowest BCUT2D eigenvalue weighted by atomic mass is 10.0. The molecular formula is C10H15N3O3. The van der Waals surface area contributed by atoms with Gasteiger partial charge in [-0.05, 0) is 12.0 Å². The maximum absolute atomic E-state index is 11.3. The van der Waals surface area contributed by atoms with Gasteiger partial charge in [-0.1, -0.05) is 0 Å². The molecule has 0 aliphatic carbocycles. The van der Waals surface area contributed by atoms with Crippen molar-refractivity contribution in [2.45, 2.75) is 6.42 Å². The number of rotatable bonds is 5. The molecule has 0 aliphatic rings. The van der Waals surface area contributed by atoms with Crippen LogP contribution >= 0.6 is 0 Å². The number of nitrogens with zero attached hydrogens (tertiary/aromatic N) is 2. The van der Waals surface area contributed by atoms with Crippen molar-refractivity contribution in [2.75, 3.05) is 20.8 Å². The van der Waals surface area contributed by atoms with E-state index in [-0.39, 0.29) is 18.4 Å². The molecule has 1 unspecified atom stereocenters. The van der Waals surface area contributed by atoms with Gasteiger partial charge in [-0.25, -0.2) is 9.97 Å². The van der Waals surface area contributed by atoms with Crippen LogP contribution in [0.15, 0.2) is 12.4 Å². The summed E-state index contributed by atoms with van der Waals surface area (Å²) in [5.41, 5.74) is 6.31. The topological polar surface area (TPSA) is 87.3 Å². The molecule has 1 aromatic rings. The van der Waals surface area contributed by atoms with Gasteiger partial charge in [0.15, 0.2) is 0 Å². The van der Waals surface area contributed by atoms with Crippen LogP contribution < -0.4 is 10.5 Å². The number of nitrogens with two attached hydrogens (primary N) is 1. The number of hydrogen-bond acceptors (Lipinski definition) is 6. The Balaban J connectivity index is 2.66. The van der Waals surface area contributed by atoms with E-state index in [2.05, 4.69) is 14.7 Å². The lowest BCUT2D eigenvalue weighted by Crippen LogP contribution is -2.26. The van der Waals surface area contributed by atoms with Crippen molar-refractivity contribution in [3.8, 4) is 6.01 Å². The van der Waals surface area contributed by atoms with Gasteiger partial charge in [0.2, 0.25) is 0 Å². The lowest BCUT2D eigenvalue weighted by Gasteiger charge is -2.11. The molecule has 6 nitrogen and oxygen atoms in total. The van der Waals surface area contributed by atoms with Gasteiger partial charge in [-0.15, -0.1) is 0 Å². The normalized spacial score (nSPS) is 11.9. The zero-order valence-corrected chi connectivity index (χ0v) is 9.34. The smallest absolute Gasteiger partial charge is 0.316 e. The first-order valence-electron chi connectivity index (χ1n) is 4.84. The molecule has 0 fully saturated rings. The predicted molar refractivity (Wildman–Crippen MR) is 56.8 cm³/mol. The molecular weight excluding hydrogens is 210 g/mol. The minimum atomic E-state index is -0.359. The van der Waals surface area contributed by atoms with Crippen LogP contribution in [0.2, 0.25) is 0 Å². The van der Waals surface area contributed by atoms with Crippen molar-refractivity contribution in [3.05, 3.63) is 18.0 Å². The highest BCUT2D eigenvalue weighted by Crippen LogP contribution is 2.09. The lowest BCUT2D eigenvalue weighted by molar-refractivity contribution is -0.145. The van der Waals surface area contributed by atoms with Crippen LogP contribution in [0.3, 0.4) is 0 Å². The zero-order chi connectivity index (χ0) is 12.0. The summed E-state index contributed by atoms with van der Waals surface area (Å²) in [6.07, 6.45) is 3.68. The second-order valence-corrected chi connectivity index (χ2v) is 3.24. The largest absolute Gasteiger partial charge is 0.469 e. The van der Waals surface area contributed by atoms with Crippen LogP contribution in [-0.4, -0.2) is 36.7 Å². The highest BCUT2D eigenvalue weighted by molar-refractivity contribution is 5.72. The quantitative estimate of drug-likeness (QED) is 0.697. The van der Waals surface area contributed by atoms with E-state index in [0.717, 1.165) is 5.56 Å². The maximum Gasteiger partial charge on any atom is 0.316 e. The molecule has 2 N–H and O–H groups in total. The minimum Gasteiger partial charge on any atom is -0.469 e. The molecule has 0 amide bonds. The van der Waals surface area contributed by atoms with E-state index in [0.29, 0.717) is 12.4 Å².